The van der Waals surface area contributed by atoms with Crippen LogP contribution in [0.4, 0.5) is 0 Å². The molecule has 2 aromatic carbocycles. The molecule has 1 heterocycles. The maximum atomic E-state index is 11.0. The van der Waals surface area contributed by atoms with Gasteiger partial charge >= 0.3 is 5.97 Å². The maximum Gasteiger partial charge on any atom is 0.306 e. The van der Waals surface area contributed by atoms with Crippen molar-refractivity contribution >= 4 is 5.97 Å². The minimum Gasteiger partial charge on any atom is -0.481 e. The summed E-state index contributed by atoms with van der Waals surface area (Å²) in [6, 6.07) is 16.8. The van der Waals surface area contributed by atoms with Crippen molar-refractivity contribution in [2.75, 3.05) is 0 Å². The average molecular weight is 420 g/mol. The number of aliphatic carboxylic acids is 1. The number of rotatable bonds is 8. The molecule has 6 heteroatoms. The normalized spacial score (nSPS) is 19.2. The van der Waals surface area contributed by atoms with E-state index in [2.05, 4.69) is 60.5 Å². The van der Waals surface area contributed by atoms with Crippen molar-refractivity contribution in [3.8, 4) is 22.8 Å². The number of hydrogen-bond donors (Lipinski definition) is 2. The monoisotopic (exact) mass is 419 g/mol. The van der Waals surface area contributed by atoms with Gasteiger partial charge in [-0.3, -0.25) is 4.79 Å². The average Bonchev–Trinajstić information content (AvgIpc) is 3.20. The molecule has 162 valence electrons. The lowest BCUT2D eigenvalue weighted by molar-refractivity contribution is -0.145. The molecule has 3 aromatic rings. The van der Waals surface area contributed by atoms with Crippen LogP contribution in [0.5, 0.6) is 0 Å². The lowest BCUT2D eigenvalue weighted by atomic mass is 9.80. The van der Waals surface area contributed by atoms with E-state index in [1.54, 1.807) is 0 Å². The Morgan fingerprint density at radius 2 is 1.71 bits per heavy atom. The predicted octanol–water partition coefficient (Wildman–Crippen LogP) is 5.12. The molecular formula is C25H29N3O3. The predicted molar refractivity (Wildman–Crippen MR) is 119 cm³/mol. The summed E-state index contributed by atoms with van der Waals surface area (Å²) in [6.45, 7) is 6.52. The van der Waals surface area contributed by atoms with E-state index in [1.165, 1.54) is 5.56 Å². The standard InChI is InChI=1S/C25H29N3O3/c1-15(2)12-17-4-6-20(7-5-17)24-27-23(28-31-24)19-10-8-18(9-11-19)16(3)26-22-13-21(14-22)25(29)30/h4-11,15-16,21-22,26H,12-14H2,1-3H3,(H,29,30)/t16?,21-,22+. The molecule has 0 aliphatic heterocycles. The number of carbonyl (C=O) groups is 1. The molecule has 31 heavy (non-hydrogen) atoms. The van der Waals surface area contributed by atoms with Gasteiger partial charge in [0.05, 0.1) is 5.92 Å². The molecule has 1 aliphatic carbocycles. The summed E-state index contributed by atoms with van der Waals surface area (Å²) < 4.78 is 5.49. The van der Waals surface area contributed by atoms with E-state index in [4.69, 9.17) is 9.63 Å². The van der Waals surface area contributed by atoms with Crippen molar-refractivity contribution < 1.29 is 14.4 Å². The van der Waals surface area contributed by atoms with Gasteiger partial charge in [0, 0.05) is 23.2 Å². The van der Waals surface area contributed by atoms with Crippen LogP contribution < -0.4 is 5.32 Å². The highest BCUT2D eigenvalue weighted by atomic mass is 16.5. The van der Waals surface area contributed by atoms with Crippen molar-refractivity contribution in [2.24, 2.45) is 11.8 Å². The van der Waals surface area contributed by atoms with Crippen LogP contribution in [0, 0.1) is 11.8 Å². The van der Waals surface area contributed by atoms with Crippen LogP contribution >= 0.6 is 0 Å². The maximum absolute atomic E-state index is 11.0. The summed E-state index contributed by atoms with van der Waals surface area (Å²) in [5.74, 6) is 0.809. The fourth-order valence-electron chi connectivity index (χ4n) is 4.04. The van der Waals surface area contributed by atoms with Gasteiger partial charge in [-0.05, 0) is 55.4 Å². The molecule has 1 fully saturated rings. The molecule has 0 bridgehead atoms. The van der Waals surface area contributed by atoms with E-state index in [0.29, 0.717) is 30.5 Å². The van der Waals surface area contributed by atoms with Gasteiger partial charge in [-0.15, -0.1) is 0 Å². The largest absolute Gasteiger partial charge is 0.481 e. The van der Waals surface area contributed by atoms with E-state index >= 15 is 0 Å². The third kappa shape index (κ3) is 5.02. The highest BCUT2D eigenvalue weighted by Gasteiger charge is 2.34. The minimum absolute atomic E-state index is 0.152. The third-order valence-electron chi connectivity index (χ3n) is 5.91. The lowest BCUT2D eigenvalue weighted by Gasteiger charge is -2.35. The van der Waals surface area contributed by atoms with E-state index < -0.39 is 5.97 Å². The number of carboxylic acids is 1. The first-order valence-electron chi connectivity index (χ1n) is 10.9. The first kappa shape index (κ1) is 21.2. The lowest BCUT2D eigenvalue weighted by Crippen LogP contribution is -2.45. The van der Waals surface area contributed by atoms with Gasteiger partial charge in [0.15, 0.2) is 0 Å². The van der Waals surface area contributed by atoms with Crippen LogP contribution in [0.1, 0.15) is 50.8 Å². The Bertz CT molecular complexity index is 1020. The van der Waals surface area contributed by atoms with E-state index in [-0.39, 0.29) is 18.0 Å². The van der Waals surface area contributed by atoms with Gasteiger partial charge in [-0.1, -0.05) is 55.4 Å². The Balaban J connectivity index is 1.38. The number of nitrogens with one attached hydrogen (secondary N) is 1. The molecule has 6 nitrogen and oxygen atoms in total. The van der Waals surface area contributed by atoms with Gasteiger partial charge in [-0.2, -0.15) is 4.98 Å². The quantitative estimate of drug-likeness (QED) is 0.527. The molecule has 1 unspecified atom stereocenters. The van der Waals surface area contributed by atoms with Gasteiger partial charge in [0.1, 0.15) is 0 Å². The van der Waals surface area contributed by atoms with Gasteiger partial charge < -0.3 is 14.9 Å². The second kappa shape index (κ2) is 9.02. The van der Waals surface area contributed by atoms with Crippen molar-refractivity contribution in [1.82, 2.24) is 15.5 Å². The summed E-state index contributed by atoms with van der Waals surface area (Å²) in [7, 11) is 0. The Morgan fingerprint density at radius 1 is 1.06 bits per heavy atom. The van der Waals surface area contributed by atoms with Crippen LogP contribution in [-0.2, 0) is 11.2 Å². The summed E-state index contributed by atoms with van der Waals surface area (Å²) >= 11 is 0. The fraction of sp³-hybridized carbons (Fsp3) is 0.400. The Hall–Kier alpha value is -2.99. The number of benzene rings is 2. The van der Waals surface area contributed by atoms with Gasteiger partial charge in [0.25, 0.3) is 5.89 Å². The van der Waals surface area contributed by atoms with Crippen LogP contribution in [0.3, 0.4) is 0 Å². The van der Waals surface area contributed by atoms with Crippen molar-refractivity contribution in [2.45, 2.75) is 52.1 Å². The molecule has 1 aromatic heterocycles. The fourth-order valence-corrected chi connectivity index (χ4v) is 4.04. The number of nitrogens with zero attached hydrogens (tertiary/aromatic N) is 2. The van der Waals surface area contributed by atoms with Crippen LogP contribution in [0.2, 0.25) is 0 Å². The molecule has 0 spiro atoms. The SMILES string of the molecule is CC(C)Cc1ccc(-c2nc(-c3ccc(C(C)N[C@H]4C[C@@H](C(=O)O)C4)cc3)no2)cc1. The molecule has 1 atom stereocenters. The first-order valence-corrected chi connectivity index (χ1v) is 10.9. The van der Waals surface area contributed by atoms with Crippen molar-refractivity contribution in [3.05, 3.63) is 59.7 Å². The smallest absolute Gasteiger partial charge is 0.306 e. The number of carboxylic acid groups (broad SMARTS) is 1. The zero-order valence-corrected chi connectivity index (χ0v) is 18.2. The van der Waals surface area contributed by atoms with Crippen LogP contribution in [0.25, 0.3) is 22.8 Å². The molecule has 2 N–H and O–H groups in total. The van der Waals surface area contributed by atoms with Gasteiger partial charge in [0.2, 0.25) is 5.82 Å². The highest BCUT2D eigenvalue weighted by Crippen LogP contribution is 2.30. The third-order valence-corrected chi connectivity index (χ3v) is 5.91. The number of hydrogen-bond acceptors (Lipinski definition) is 5. The van der Waals surface area contributed by atoms with E-state index in [9.17, 15) is 4.79 Å². The molecule has 4 rings (SSSR count). The van der Waals surface area contributed by atoms with E-state index in [1.807, 2.05) is 24.3 Å². The zero-order valence-electron chi connectivity index (χ0n) is 18.2. The second-order valence-electron chi connectivity index (χ2n) is 8.93. The minimum atomic E-state index is -0.693. The second-order valence-corrected chi connectivity index (χ2v) is 8.93. The molecule has 1 aliphatic rings. The topological polar surface area (TPSA) is 88.2 Å². The molecule has 0 amide bonds. The highest BCUT2D eigenvalue weighted by molar-refractivity contribution is 5.71. The van der Waals surface area contributed by atoms with Crippen LogP contribution in [-0.4, -0.2) is 27.3 Å². The van der Waals surface area contributed by atoms with Crippen molar-refractivity contribution in [1.29, 1.82) is 0 Å². The summed E-state index contributed by atoms with van der Waals surface area (Å²) in [5, 5.41) is 16.7. The van der Waals surface area contributed by atoms with E-state index in [0.717, 1.165) is 23.1 Å². The molecule has 0 radical (unpaired) electrons. The summed E-state index contributed by atoms with van der Waals surface area (Å²) in [6.07, 6.45) is 2.44. The Morgan fingerprint density at radius 3 is 2.32 bits per heavy atom. The molecular weight excluding hydrogens is 390 g/mol. The first-order chi connectivity index (χ1) is 14.9. The van der Waals surface area contributed by atoms with Gasteiger partial charge in [-0.25, -0.2) is 0 Å². The zero-order chi connectivity index (χ0) is 22.0. The van der Waals surface area contributed by atoms with Crippen LogP contribution in [0.15, 0.2) is 53.1 Å². The summed E-state index contributed by atoms with van der Waals surface area (Å²) in [4.78, 5) is 15.5. The summed E-state index contributed by atoms with van der Waals surface area (Å²) in [5.41, 5.74) is 4.27. The Kier molecular flexibility index (Phi) is 6.18. The Labute approximate surface area is 182 Å². The molecule has 1 saturated carbocycles. The van der Waals surface area contributed by atoms with Crippen molar-refractivity contribution in [3.63, 3.8) is 0 Å². The molecule has 0 saturated heterocycles. The number of aromatic nitrogens is 2.